The summed E-state index contributed by atoms with van der Waals surface area (Å²) in [5.74, 6) is -1.71. The molecule has 0 aromatic heterocycles. The summed E-state index contributed by atoms with van der Waals surface area (Å²) in [4.78, 5) is 24.6. The first-order chi connectivity index (χ1) is 11.6. The van der Waals surface area contributed by atoms with Crippen LogP contribution >= 0.6 is 0 Å². The first kappa shape index (κ1) is 21.6. The molecule has 1 aliphatic heterocycles. The summed E-state index contributed by atoms with van der Waals surface area (Å²) in [6.45, 7) is 10.8. The summed E-state index contributed by atoms with van der Waals surface area (Å²) in [6.07, 6.45) is 1.96. The maximum Gasteiger partial charge on any atom is 0.311 e. The van der Waals surface area contributed by atoms with Gasteiger partial charge in [-0.3, -0.25) is 9.59 Å². The SMILES string of the molecule is CC[C@@H]1OC(=O)[C@H](C)[C@@H](O)/C(C)=C\C(=O)C[C@@H](C)[C@H](O)/C(C)=C/[C@H]1C. The lowest BCUT2D eigenvalue weighted by atomic mass is 9.89. The van der Waals surface area contributed by atoms with Crippen LogP contribution in [-0.2, 0) is 14.3 Å². The zero-order valence-electron chi connectivity index (χ0n) is 16.2. The van der Waals surface area contributed by atoms with Crippen LogP contribution in [-0.4, -0.2) is 40.3 Å². The number of ketones is 1. The number of hydrogen-bond donors (Lipinski definition) is 2. The molecule has 0 amide bonds. The number of allylic oxidation sites excluding steroid dienone is 1. The maximum absolute atomic E-state index is 12.4. The molecular weight excluding hydrogens is 320 g/mol. The van der Waals surface area contributed by atoms with Crippen LogP contribution in [0.2, 0.25) is 0 Å². The van der Waals surface area contributed by atoms with E-state index in [2.05, 4.69) is 0 Å². The molecule has 2 N–H and O–H groups in total. The molecule has 6 atom stereocenters. The number of rotatable bonds is 1. The highest BCUT2D eigenvalue weighted by Crippen LogP contribution is 2.24. The number of aliphatic hydroxyl groups excluding tert-OH is 2. The predicted molar refractivity (Wildman–Crippen MR) is 96.8 cm³/mol. The highest BCUT2D eigenvalue weighted by atomic mass is 16.5. The minimum Gasteiger partial charge on any atom is -0.461 e. The Morgan fingerprint density at radius 2 is 1.68 bits per heavy atom. The van der Waals surface area contributed by atoms with Gasteiger partial charge in [-0.15, -0.1) is 0 Å². The molecule has 0 radical (unpaired) electrons. The molecule has 5 nitrogen and oxygen atoms in total. The third kappa shape index (κ3) is 5.79. The molecule has 1 heterocycles. The molecule has 0 aromatic carbocycles. The fraction of sp³-hybridized carbons (Fsp3) is 0.700. The van der Waals surface area contributed by atoms with Crippen LogP contribution in [0.4, 0.5) is 0 Å². The molecule has 0 spiro atoms. The van der Waals surface area contributed by atoms with E-state index in [1.807, 2.05) is 33.8 Å². The zero-order valence-corrected chi connectivity index (χ0v) is 16.2. The van der Waals surface area contributed by atoms with Crippen molar-refractivity contribution in [3.8, 4) is 0 Å². The summed E-state index contributed by atoms with van der Waals surface area (Å²) < 4.78 is 5.59. The topological polar surface area (TPSA) is 83.8 Å². The Morgan fingerprint density at radius 1 is 1.08 bits per heavy atom. The van der Waals surface area contributed by atoms with Gasteiger partial charge < -0.3 is 14.9 Å². The Bertz CT molecular complexity index is 548. The second kappa shape index (κ2) is 9.30. The number of hydrogen-bond acceptors (Lipinski definition) is 5. The van der Waals surface area contributed by atoms with E-state index < -0.39 is 24.1 Å². The zero-order chi connectivity index (χ0) is 19.3. The summed E-state index contributed by atoms with van der Waals surface area (Å²) in [7, 11) is 0. The minimum absolute atomic E-state index is 0.0737. The van der Waals surface area contributed by atoms with Gasteiger partial charge in [0.15, 0.2) is 5.78 Å². The molecule has 25 heavy (non-hydrogen) atoms. The van der Waals surface area contributed by atoms with Crippen molar-refractivity contribution in [1.29, 1.82) is 0 Å². The molecular formula is C20H32O5. The Morgan fingerprint density at radius 3 is 2.24 bits per heavy atom. The summed E-state index contributed by atoms with van der Waals surface area (Å²) in [6, 6.07) is 0. The van der Waals surface area contributed by atoms with Crippen LogP contribution in [0.5, 0.6) is 0 Å². The monoisotopic (exact) mass is 352 g/mol. The second-order valence-corrected chi connectivity index (χ2v) is 7.37. The average Bonchev–Trinajstić information content (AvgIpc) is 2.55. The average molecular weight is 352 g/mol. The van der Waals surface area contributed by atoms with E-state index >= 15 is 0 Å². The molecule has 142 valence electrons. The van der Waals surface area contributed by atoms with Gasteiger partial charge in [0.25, 0.3) is 0 Å². The summed E-state index contributed by atoms with van der Waals surface area (Å²) >= 11 is 0. The second-order valence-electron chi connectivity index (χ2n) is 7.37. The number of carbonyl (C=O) groups is 2. The lowest BCUT2D eigenvalue weighted by Crippen LogP contribution is -2.34. The van der Waals surface area contributed by atoms with E-state index in [0.717, 1.165) is 5.57 Å². The van der Waals surface area contributed by atoms with Gasteiger partial charge in [0.2, 0.25) is 0 Å². The first-order valence-electron chi connectivity index (χ1n) is 9.04. The molecule has 0 aromatic rings. The van der Waals surface area contributed by atoms with Crippen molar-refractivity contribution in [2.45, 2.75) is 72.7 Å². The van der Waals surface area contributed by atoms with E-state index in [1.165, 1.54) is 6.08 Å². The fourth-order valence-corrected chi connectivity index (χ4v) is 3.24. The van der Waals surface area contributed by atoms with Crippen LogP contribution in [0.1, 0.15) is 54.4 Å². The fourth-order valence-electron chi connectivity index (χ4n) is 3.24. The molecule has 0 saturated heterocycles. The lowest BCUT2D eigenvalue weighted by Gasteiger charge is -2.27. The van der Waals surface area contributed by atoms with Crippen molar-refractivity contribution in [1.82, 2.24) is 0 Å². The molecule has 5 heteroatoms. The van der Waals surface area contributed by atoms with E-state index in [-0.39, 0.29) is 30.1 Å². The minimum atomic E-state index is -1.07. The van der Waals surface area contributed by atoms with Gasteiger partial charge in [-0.2, -0.15) is 0 Å². The van der Waals surface area contributed by atoms with Gasteiger partial charge in [0.05, 0.1) is 18.1 Å². The predicted octanol–water partition coefficient (Wildman–Crippen LogP) is 2.80. The number of cyclic esters (lactones) is 1. The van der Waals surface area contributed by atoms with Crippen LogP contribution in [0, 0.1) is 17.8 Å². The quantitative estimate of drug-likeness (QED) is 0.560. The molecule has 0 aliphatic carbocycles. The number of carbonyl (C=O) groups excluding carboxylic acids is 2. The van der Waals surface area contributed by atoms with Gasteiger partial charge in [0.1, 0.15) is 6.10 Å². The van der Waals surface area contributed by atoms with Crippen molar-refractivity contribution >= 4 is 11.8 Å². The molecule has 0 fully saturated rings. The smallest absolute Gasteiger partial charge is 0.311 e. The van der Waals surface area contributed by atoms with Gasteiger partial charge in [-0.25, -0.2) is 0 Å². The van der Waals surface area contributed by atoms with Crippen molar-refractivity contribution in [2.24, 2.45) is 17.8 Å². The molecule has 0 bridgehead atoms. The van der Waals surface area contributed by atoms with Crippen molar-refractivity contribution in [3.05, 3.63) is 23.3 Å². The Hall–Kier alpha value is -1.46. The van der Waals surface area contributed by atoms with E-state index in [9.17, 15) is 19.8 Å². The molecule has 1 aliphatic rings. The first-order valence-corrected chi connectivity index (χ1v) is 9.04. The Balaban J connectivity index is 3.23. The largest absolute Gasteiger partial charge is 0.461 e. The van der Waals surface area contributed by atoms with Crippen molar-refractivity contribution in [2.75, 3.05) is 0 Å². The van der Waals surface area contributed by atoms with E-state index in [4.69, 9.17) is 4.74 Å². The van der Waals surface area contributed by atoms with E-state index in [1.54, 1.807) is 13.8 Å². The van der Waals surface area contributed by atoms with Gasteiger partial charge in [-0.05, 0) is 50.3 Å². The highest BCUT2D eigenvalue weighted by molar-refractivity contribution is 5.90. The molecule has 0 unspecified atom stereocenters. The van der Waals surface area contributed by atoms with Gasteiger partial charge in [-0.1, -0.05) is 26.8 Å². The van der Waals surface area contributed by atoms with Crippen molar-refractivity contribution in [3.63, 3.8) is 0 Å². The summed E-state index contributed by atoms with van der Waals surface area (Å²) in [5.41, 5.74) is 1.20. The molecule has 1 rings (SSSR count). The third-order valence-electron chi connectivity index (χ3n) is 5.01. The van der Waals surface area contributed by atoms with Crippen molar-refractivity contribution < 1.29 is 24.5 Å². The van der Waals surface area contributed by atoms with Gasteiger partial charge in [0, 0.05) is 12.3 Å². The van der Waals surface area contributed by atoms with E-state index in [0.29, 0.717) is 12.0 Å². The Labute approximate surface area is 150 Å². The maximum atomic E-state index is 12.4. The number of esters is 1. The molecule has 0 saturated carbocycles. The van der Waals surface area contributed by atoms with Crippen LogP contribution in [0.25, 0.3) is 0 Å². The number of ether oxygens (including phenoxy) is 1. The summed E-state index contributed by atoms with van der Waals surface area (Å²) in [5, 5.41) is 20.8. The third-order valence-corrected chi connectivity index (χ3v) is 5.01. The highest BCUT2D eigenvalue weighted by Gasteiger charge is 2.29. The Kier molecular flexibility index (Phi) is 8.03. The van der Waals surface area contributed by atoms with Gasteiger partial charge >= 0.3 is 5.97 Å². The standard InChI is InChI=1S/C20H32O5/c1-7-17-11(2)8-12(3)18(22)13(4)9-16(21)10-14(5)19(23)15(6)20(24)25-17/h8,10-11,13,15,17-19,22-23H,7,9H2,1-6H3/b12-8+,14-10-/t11-,13-,15-,17+,18-,19+/m1/s1. The lowest BCUT2D eigenvalue weighted by molar-refractivity contribution is -0.158. The van der Waals surface area contributed by atoms with Crippen LogP contribution in [0.15, 0.2) is 23.3 Å². The van der Waals surface area contributed by atoms with Crippen LogP contribution < -0.4 is 0 Å². The number of aliphatic hydroxyl groups is 2. The normalized spacial score (nSPS) is 40.3. The van der Waals surface area contributed by atoms with Crippen LogP contribution in [0.3, 0.4) is 0 Å².